The van der Waals surface area contributed by atoms with E-state index in [2.05, 4.69) is 25.3 Å². The number of carbonyl (C=O) groups is 1. The molecule has 0 unspecified atom stereocenters. The van der Waals surface area contributed by atoms with Crippen LogP contribution in [0.4, 0.5) is 16.0 Å². The molecule has 0 bridgehead atoms. The summed E-state index contributed by atoms with van der Waals surface area (Å²) in [5, 5.41) is 3.11. The molecule has 35 heavy (non-hydrogen) atoms. The minimum Gasteiger partial charge on any atom is -0.434 e. The van der Waals surface area contributed by atoms with E-state index < -0.39 is 5.82 Å². The maximum Gasteiger partial charge on any atom is 0.253 e. The summed E-state index contributed by atoms with van der Waals surface area (Å²) in [7, 11) is 0. The standard InChI is InChI=1S/C26H23FN6O2/c27-21-9-1-2-10-22(21)35-24-23(28-13-14-29-24)19-7-4-15-33(17-19)25(34)18-6-3-8-20(16-18)32-26-30-11-5-12-31-26/h1-3,5-6,8-14,16,19H,4,7,15,17H2,(H,30,31,32)/t19-/m0/s1. The smallest absolute Gasteiger partial charge is 0.253 e. The van der Waals surface area contributed by atoms with Crippen molar-refractivity contribution in [3.05, 3.63) is 96.5 Å². The van der Waals surface area contributed by atoms with Crippen molar-refractivity contribution in [2.75, 3.05) is 18.4 Å². The van der Waals surface area contributed by atoms with Gasteiger partial charge in [0, 0.05) is 55.0 Å². The molecule has 0 aliphatic carbocycles. The van der Waals surface area contributed by atoms with Crippen LogP contribution in [-0.4, -0.2) is 43.8 Å². The molecule has 0 spiro atoms. The van der Waals surface area contributed by atoms with E-state index in [-0.39, 0.29) is 23.5 Å². The molecule has 176 valence electrons. The molecule has 1 atom stereocenters. The number of rotatable bonds is 6. The molecule has 1 N–H and O–H groups in total. The Morgan fingerprint density at radius 2 is 1.80 bits per heavy atom. The highest BCUT2D eigenvalue weighted by atomic mass is 19.1. The number of amides is 1. The average molecular weight is 471 g/mol. The Morgan fingerprint density at radius 1 is 0.971 bits per heavy atom. The van der Waals surface area contributed by atoms with Crippen LogP contribution in [-0.2, 0) is 0 Å². The van der Waals surface area contributed by atoms with Crippen molar-refractivity contribution < 1.29 is 13.9 Å². The number of benzene rings is 2. The zero-order valence-corrected chi connectivity index (χ0v) is 18.8. The van der Waals surface area contributed by atoms with Crippen LogP contribution in [0, 0.1) is 5.82 Å². The Hall–Kier alpha value is -4.40. The molecule has 9 heteroatoms. The molecule has 8 nitrogen and oxygen atoms in total. The van der Waals surface area contributed by atoms with Gasteiger partial charge in [-0.15, -0.1) is 0 Å². The van der Waals surface area contributed by atoms with Crippen LogP contribution in [0.3, 0.4) is 0 Å². The van der Waals surface area contributed by atoms with Gasteiger partial charge in [-0.05, 0) is 49.2 Å². The van der Waals surface area contributed by atoms with E-state index in [1.165, 1.54) is 12.3 Å². The summed E-state index contributed by atoms with van der Waals surface area (Å²) in [6, 6.07) is 15.2. The first kappa shape index (κ1) is 22.4. The van der Waals surface area contributed by atoms with Gasteiger partial charge in [-0.3, -0.25) is 9.78 Å². The molecule has 1 saturated heterocycles. The number of para-hydroxylation sites is 1. The third-order valence-corrected chi connectivity index (χ3v) is 5.76. The van der Waals surface area contributed by atoms with Crippen molar-refractivity contribution in [2.24, 2.45) is 0 Å². The monoisotopic (exact) mass is 470 g/mol. The van der Waals surface area contributed by atoms with E-state index in [9.17, 15) is 9.18 Å². The SMILES string of the molecule is O=C(c1cccc(Nc2ncccn2)c1)N1CCC[C@H](c2nccnc2Oc2ccccc2F)C1. The van der Waals surface area contributed by atoms with E-state index in [4.69, 9.17) is 4.74 Å². The van der Waals surface area contributed by atoms with Crippen LogP contribution in [0.2, 0.25) is 0 Å². The Labute approximate surface area is 201 Å². The first-order valence-electron chi connectivity index (χ1n) is 11.3. The van der Waals surface area contributed by atoms with Crippen LogP contribution in [0.25, 0.3) is 0 Å². The highest BCUT2D eigenvalue weighted by Gasteiger charge is 2.29. The lowest BCUT2D eigenvalue weighted by Crippen LogP contribution is -2.39. The number of hydrogen-bond donors (Lipinski definition) is 1. The zero-order chi connectivity index (χ0) is 24.0. The molecular weight excluding hydrogens is 447 g/mol. The predicted octanol–water partition coefficient (Wildman–Crippen LogP) is 4.96. The number of hydrogen-bond acceptors (Lipinski definition) is 7. The normalized spacial score (nSPS) is 15.5. The maximum absolute atomic E-state index is 14.1. The van der Waals surface area contributed by atoms with Crippen LogP contribution >= 0.6 is 0 Å². The third-order valence-electron chi connectivity index (χ3n) is 5.76. The lowest BCUT2D eigenvalue weighted by Gasteiger charge is -2.33. The fraction of sp³-hybridized carbons (Fsp3) is 0.192. The van der Waals surface area contributed by atoms with Crippen molar-refractivity contribution in [1.29, 1.82) is 0 Å². The second kappa shape index (κ2) is 10.3. The number of ether oxygens (including phenoxy) is 1. The Morgan fingerprint density at radius 3 is 2.66 bits per heavy atom. The quantitative estimate of drug-likeness (QED) is 0.426. The van der Waals surface area contributed by atoms with Crippen LogP contribution < -0.4 is 10.1 Å². The van der Waals surface area contributed by atoms with E-state index in [1.807, 2.05) is 17.0 Å². The van der Waals surface area contributed by atoms with Crippen molar-refractivity contribution in [3.8, 4) is 11.6 Å². The highest BCUT2D eigenvalue weighted by Crippen LogP contribution is 2.33. The van der Waals surface area contributed by atoms with E-state index in [0.717, 1.165) is 18.5 Å². The van der Waals surface area contributed by atoms with Crippen molar-refractivity contribution in [1.82, 2.24) is 24.8 Å². The molecular formula is C26H23FN6O2. The molecule has 2 aromatic heterocycles. The number of aromatic nitrogens is 4. The van der Waals surface area contributed by atoms with Crippen LogP contribution in [0.1, 0.15) is 34.8 Å². The second-order valence-electron chi connectivity index (χ2n) is 8.15. The van der Waals surface area contributed by atoms with E-state index in [0.29, 0.717) is 30.3 Å². The van der Waals surface area contributed by atoms with Gasteiger partial charge < -0.3 is 15.0 Å². The first-order valence-corrected chi connectivity index (χ1v) is 11.3. The summed E-state index contributed by atoms with van der Waals surface area (Å²) in [5.74, 6) is 0.171. The molecule has 5 rings (SSSR count). The lowest BCUT2D eigenvalue weighted by molar-refractivity contribution is 0.0705. The summed E-state index contributed by atoms with van der Waals surface area (Å²) in [4.78, 5) is 32.3. The molecule has 1 fully saturated rings. The second-order valence-corrected chi connectivity index (χ2v) is 8.15. The maximum atomic E-state index is 14.1. The molecule has 1 aliphatic heterocycles. The molecule has 0 radical (unpaired) electrons. The number of nitrogens with one attached hydrogen (secondary N) is 1. The van der Waals surface area contributed by atoms with Crippen molar-refractivity contribution >= 4 is 17.5 Å². The first-order chi connectivity index (χ1) is 17.2. The van der Waals surface area contributed by atoms with E-state index >= 15 is 0 Å². The van der Waals surface area contributed by atoms with Gasteiger partial charge in [0.15, 0.2) is 11.6 Å². The minimum atomic E-state index is -0.473. The van der Waals surface area contributed by atoms with E-state index in [1.54, 1.807) is 55.0 Å². The fourth-order valence-electron chi connectivity index (χ4n) is 4.12. The fourth-order valence-corrected chi connectivity index (χ4v) is 4.12. The van der Waals surface area contributed by atoms with Gasteiger partial charge >= 0.3 is 0 Å². The van der Waals surface area contributed by atoms with Gasteiger partial charge in [-0.1, -0.05) is 18.2 Å². The molecule has 1 aliphatic rings. The lowest BCUT2D eigenvalue weighted by atomic mass is 9.94. The number of nitrogens with zero attached hydrogens (tertiary/aromatic N) is 5. The molecule has 3 heterocycles. The van der Waals surface area contributed by atoms with Gasteiger partial charge in [0.25, 0.3) is 5.91 Å². The Balaban J connectivity index is 1.32. The minimum absolute atomic E-state index is 0.0761. The van der Waals surface area contributed by atoms with Gasteiger partial charge in [0.2, 0.25) is 11.8 Å². The highest BCUT2D eigenvalue weighted by molar-refractivity contribution is 5.95. The van der Waals surface area contributed by atoms with Crippen LogP contribution in [0.15, 0.2) is 79.4 Å². The van der Waals surface area contributed by atoms with Crippen molar-refractivity contribution in [2.45, 2.75) is 18.8 Å². The van der Waals surface area contributed by atoms with Gasteiger partial charge in [-0.25, -0.2) is 19.3 Å². The largest absolute Gasteiger partial charge is 0.434 e. The van der Waals surface area contributed by atoms with Crippen molar-refractivity contribution in [3.63, 3.8) is 0 Å². The number of piperidine rings is 1. The molecule has 4 aromatic rings. The summed E-state index contributed by atoms with van der Waals surface area (Å²) < 4.78 is 19.9. The Bertz CT molecular complexity index is 1320. The Kier molecular flexibility index (Phi) is 6.56. The number of halogens is 1. The van der Waals surface area contributed by atoms with Gasteiger partial charge in [0.05, 0.1) is 0 Å². The molecule has 0 saturated carbocycles. The number of anilines is 2. The zero-order valence-electron chi connectivity index (χ0n) is 18.8. The molecule has 1 amide bonds. The summed E-state index contributed by atoms with van der Waals surface area (Å²) in [6.45, 7) is 1.10. The summed E-state index contributed by atoms with van der Waals surface area (Å²) in [5.41, 5.74) is 1.91. The predicted molar refractivity (Wildman–Crippen MR) is 128 cm³/mol. The third kappa shape index (κ3) is 5.24. The number of carbonyl (C=O) groups excluding carboxylic acids is 1. The summed E-state index contributed by atoms with van der Waals surface area (Å²) >= 11 is 0. The van der Waals surface area contributed by atoms with Gasteiger partial charge in [0.1, 0.15) is 5.69 Å². The number of likely N-dealkylation sites (tertiary alicyclic amines) is 1. The topological polar surface area (TPSA) is 93.1 Å². The summed E-state index contributed by atoms with van der Waals surface area (Å²) in [6.07, 6.45) is 8.03. The van der Waals surface area contributed by atoms with Crippen LogP contribution in [0.5, 0.6) is 11.6 Å². The molecule has 2 aromatic carbocycles. The van der Waals surface area contributed by atoms with Gasteiger partial charge in [-0.2, -0.15) is 0 Å². The average Bonchev–Trinajstić information content (AvgIpc) is 2.91.